The molecule has 0 fully saturated rings. The van der Waals surface area contributed by atoms with Crippen LogP contribution in [0, 0.1) is 6.92 Å². The van der Waals surface area contributed by atoms with Gasteiger partial charge in [0.2, 0.25) is 0 Å². The first kappa shape index (κ1) is 14.2. The molecular weight excluding hydrogens is 277 g/mol. The van der Waals surface area contributed by atoms with E-state index in [1.54, 1.807) is 0 Å². The Morgan fingerprint density at radius 3 is 2.37 bits per heavy atom. The molecule has 0 bridgehead atoms. The van der Waals surface area contributed by atoms with Gasteiger partial charge in [-0.05, 0) is 49.2 Å². The molecule has 0 aliphatic heterocycles. The molecule has 2 aromatic rings. The predicted octanol–water partition coefficient (Wildman–Crippen LogP) is 5.55. The van der Waals surface area contributed by atoms with E-state index >= 15 is 0 Å². The second kappa shape index (κ2) is 6.31. The highest BCUT2D eigenvalue weighted by atomic mass is 35.5. The van der Waals surface area contributed by atoms with Crippen LogP contribution >= 0.6 is 23.2 Å². The lowest BCUT2D eigenvalue weighted by Crippen LogP contribution is -2.16. The van der Waals surface area contributed by atoms with E-state index in [-0.39, 0.29) is 0 Å². The molecule has 0 N–H and O–H groups in total. The van der Waals surface area contributed by atoms with Crippen molar-refractivity contribution in [3.63, 3.8) is 0 Å². The molecule has 0 unspecified atom stereocenters. The molecule has 100 valence electrons. The highest BCUT2D eigenvalue weighted by Crippen LogP contribution is 2.30. The van der Waals surface area contributed by atoms with Gasteiger partial charge in [0, 0.05) is 28.8 Å². The first-order valence-electron chi connectivity index (χ1n) is 6.34. The Kier molecular flexibility index (Phi) is 4.73. The number of anilines is 2. The number of benzene rings is 2. The minimum Gasteiger partial charge on any atom is -0.342 e. The molecule has 0 heterocycles. The van der Waals surface area contributed by atoms with Gasteiger partial charge in [-0.1, -0.05) is 29.8 Å². The van der Waals surface area contributed by atoms with Crippen molar-refractivity contribution in [1.29, 1.82) is 0 Å². The van der Waals surface area contributed by atoms with Gasteiger partial charge in [0.1, 0.15) is 0 Å². The lowest BCUT2D eigenvalue weighted by Gasteiger charge is -2.24. The molecule has 0 saturated carbocycles. The quantitative estimate of drug-likeness (QED) is 0.669. The summed E-state index contributed by atoms with van der Waals surface area (Å²) in [7, 11) is 0. The van der Waals surface area contributed by atoms with Gasteiger partial charge >= 0.3 is 0 Å². The second-order valence-electron chi connectivity index (χ2n) is 4.49. The van der Waals surface area contributed by atoms with Gasteiger partial charge in [-0.2, -0.15) is 0 Å². The lowest BCUT2D eigenvalue weighted by molar-refractivity contribution is 1.02. The summed E-state index contributed by atoms with van der Waals surface area (Å²) in [5.41, 5.74) is 4.48. The third kappa shape index (κ3) is 3.23. The minimum atomic E-state index is 0.440. The van der Waals surface area contributed by atoms with Crippen LogP contribution in [0.5, 0.6) is 0 Å². The van der Waals surface area contributed by atoms with Gasteiger partial charge in [0.25, 0.3) is 0 Å². The van der Waals surface area contributed by atoms with Crippen LogP contribution in [0.3, 0.4) is 0 Å². The van der Waals surface area contributed by atoms with Crippen LogP contribution in [0.4, 0.5) is 11.4 Å². The zero-order valence-electron chi connectivity index (χ0n) is 11.2. The van der Waals surface area contributed by atoms with E-state index in [4.69, 9.17) is 23.2 Å². The molecule has 0 amide bonds. The Labute approximate surface area is 124 Å². The summed E-state index contributed by atoms with van der Waals surface area (Å²) in [6.07, 6.45) is 0. The van der Waals surface area contributed by atoms with Crippen molar-refractivity contribution < 1.29 is 0 Å². The summed E-state index contributed by atoms with van der Waals surface area (Å²) in [5.74, 6) is 0.440. The average Bonchev–Trinajstić information content (AvgIpc) is 2.40. The van der Waals surface area contributed by atoms with Gasteiger partial charge < -0.3 is 4.90 Å². The fourth-order valence-corrected chi connectivity index (χ4v) is 2.67. The topological polar surface area (TPSA) is 3.24 Å². The molecule has 19 heavy (non-hydrogen) atoms. The van der Waals surface area contributed by atoms with E-state index < -0.39 is 0 Å². The Hall–Kier alpha value is -1.18. The number of aryl methyl sites for hydroxylation is 1. The van der Waals surface area contributed by atoms with E-state index in [1.807, 2.05) is 12.1 Å². The third-order valence-corrected chi connectivity index (χ3v) is 3.76. The molecule has 0 atom stereocenters. The summed E-state index contributed by atoms with van der Waals surface area (Å²) in [5, 5.41) is 0.721. The van der Waals surface area contributed by atoms with Gasteiger partial charge in [-0.25, -0.2) is 0 Å². The molecule has 2 rings (SSSR count). The van der Waals surface area contributed by atoms with Crippen LogP contribution in [-0.2, 0) is 5.88 Å². The normalized spacial score (nSPS) is 10.5. The SMILES string of the molecule is CCN(c1cccc(C)c1)c1ccc(CCl)c(Cl)c1. The number of alkyl halides is 1. The van der Waals surface area contributed by atoms with E-state index in [0.717, 1.165) is 22.8 Å². The Bertz CT molecular complexity index is 566. The maximum atomic E-state index is 6.24. The Balaban J connectivity index is 2.39. The highest BCUT2D eigenvalue weighted by molar-refractivity contribution is 6.32. The molecule has 1 nitrogen and oxygen atoms in total. The van der Waals surface area contributed by atoms with Gasteiger partial charge in [-0.3, -0.25) is 0 Å². The molecule has 2 aromatic carbocycles. The van der Waals surface area contributed by atoms with E-state index in [2.05, 4.69) is 49.1 Å². The van der Waals surface area contributed by atoms with Crippen LogP contribution in [0.1, 0.15) is 18.1 Å². The molecule has 0 aliphatic rings. The number of nitrogens with zero attached hydrogens (tertiary/aromatic N) is 1. The zero-order chi connectivity index (χ0) is 13.8. The summed E-state index contributed by atoms with van der Waals surface area (Å²) in [6, 6.07) is 14.5. The third-order valence-electron chi connectivity index (χ3n) is 3.12. The first-order valence-corrected chi connectivity index (χ1v) is 7.25. The van der Waals surface area contributed by atoms with Crippen LogP contribution in [-0.4, -0.2) is 6.54 Å². The smallest absolute Gasteiger partial charge is 0.0488 e. The van der Waals surface area contributed by atoms with Crippen molar-refractivity contribution >= 4 is 34.6 Å². The molecule has 0 saturated heterocycles. The Morgan fingerprint density at radius 2 is 1.79 bits per heavy atom. The van der Waals surface area contributed by atoms with Gasteiger partial charge in [0.15, 0.2) is 0 Å². The lowest BCUT2D eigenvalue weighted by atomic mass is 10.1. The van der Waals surface area contributed by atoms with Gasteiger partial charge in [0.05, 0.1) is 0 Å². The average molecular weight is 294 g/mol. The monoisotopic (exact) mass is 293 g/mol. The fraction of sp³-hybridized carbons (Fsp3) is 0.250. The summed E-state index contributed by atoms with van der Waals surface area (Å²) in [4.78, 5) is 2.23. The predicted molar refractivity (Wildman–Crippen MR) is 84.9 cm³/mol. The van der Waals surface area contributed by atoms with Crippen molar-refractivity contribution in [3.05, 3.63) is 58.6 Å². The minimum absolute atomic E-state index is 0.440. The molecule has 0 spiro atoms. The zero-order valence-corrected chi connectivity index (χ0v) is 12.7. The molecule has 0 aromatic heterocycles. The first-order chi connectivity index (χ1) is 9.15. The van der Waals surface area contributed by atoms with E-state index in [1.165, 1.54) is 11.3 Å². The standard InChI is InChI=1S/C16H17Cl2N/c1-3-19(14-6-4-5-12(2)9-14)15-8-7-13(11-17)16(18)10-15/h4-10H,3,11H2,1-2H3. The number of halogens is 2. The van der Waals surface area contributed by atoms with Crippen molar-refractivity contribution in [3.8, 4) is 0 Å². The molecule has 3 heteroatoms. The van der Waals surface area contributed by atoms with Crippen molar-refractivity contribution in [2.75, 3.05) is 11.4 Å². The summed E-state index contributed by atoms with van der Waals surface area (Å²) in [6.45, 7) is 5.12. The maximum Gasteiger partial charge on any atom is 0.0488 e. The van der Waals surface area contributed by atoms with E-state index in [9.17, 15) is 0 Å². The van der Waals surface area contributed by atoms with Crippen molar-refractivity contribution in [2.24, 2.45) is 0 Å². The summed E-state index contributed by atoms with van der Waals surface area (Å²) >= 11 is 12.1. The van der Waals surface area contributed by atoms with E-state index in [0.29, 0.717) is 5.88 Å². The van der Waals surface area contributed by atoms with Crippen LogP contribution in [0.25, 0.3) is 0 Å². The fourth-order valence-electron chi connectivity index (χ4n) is 2.12. The summed E-state index contributed by atoms with van der Waals surface area (Å²) < 4.78 is 0. The highest BCUT2D eigenvalue weighted by Gasteiger charge is 2.09. The van der Waals surface area contributed by atoms with Crippen molar-refractivity contribution in [1.82, 2.24) is 0 Å². The Morgan fingerprint density at radius 1 is 1.05 bits per heavy atom. The van der Waals surface area contributed by atoms with Crippen LogP contribution in [0.2, 0.25) is 5.02 Å². The van der Waals surface area contributed by atoms with Crippen LogP contribution < -0.4 is 4.90 Å². The molecule has 0 radical (unpaired) electrons. The van der Waals surface area contributed by atoms with Crippen molar-refractivity contribution in [2.45, 2.75) is 19.7 Å². The largest absolute Gasteiger partial charge is 0.342 e. The number of hydrogen-bond acceptors (Lipinski definition) is 1. The number of hydrogen-bond donors (Lipinski definition) is 0. The van der Waals surface area contributed by atoms with Crippen LogP contribution in [0.15, 0.2) is 42.5 Å². The number of rotatable bonds is 4. The van der Waals surface area contributed by atoms with Gasteiger partial charge in [-0.15, -0.1) is 11.6 Å². The second-order valence-corrected chi connectivity index (χ2v) is 5.17. The molecular formula is C16H17Cl2N. The maximum absolute atomic E-state index is 6.24. The molecule has 0 aliphatic carbocycles.